The summed E-state index contributed by atoms with van der Waals surface area (Å²) in [5.74, 6) is 0. The molecule has 0 aliphatic heterocycles. The molecule has 0 spiro atoms. The fourth-order valence-corrected chi connectivity index (χ4v) is 1.34. The highest BCUT2D eigenvalue weighted by molar-refractivity contribution is 9.10. The van der Waals surface area contributed by atoms with Gasteiger partial charge in [-0.25, -0.2) is 0 Å². The molecule has 0 radical (unpaired) electrons. The zero-order valence-corrected chi connectivity index (χ0v) is 8.59. The molecule has 0 aliphatic rings. The number of hydrogen-bond donors (Lipinski definition) is 1. The lowest BCUT2D eigenvalue weighted by atomic mass is 10.2. The lowest BCUT2D eigenvalue weighted by Crippen LogP contribution is -1.98. The average molecular weight is 228 g/mol. The zero-order valence-electron chi connectivity index (χ0n) is 7.00. The zero-order chi connectivity index (χ0) is 8.97. The van der Waals surface area contributed by atoms with Crippen molar-refractivity contribution in [1.82, 2.24) is 10.4 Å². The Hall–Kier alpha value is -0.900. The van der Waals surface area contributed by atoms with Gasteiger partial charge in [0.1, 0.15) is 0 Å². The minimum atomic E-state index is 0.961. The Balaban J connectivity index is 3.04. The van der Waals surface area contributed by atoms with E-state index in [9.17, 15) is 0 Å². The van der Waals surface area contributed by atoms with E-state index in [-0.39, 0.29) is 0 Å². The van der Waals surface area contributed by atoms with Crippen molar-refractivity contribution >= 4 is 22.1 Å². The fourth-order valence-electron chi connectivity index (χ4n) is 0.831. The summed E-state index contributed by atoms with van der Waals surface area (Å²) in [6, 6.07) is 1.89. The predicted octanol–water partition coefficient (Wildman–Crippen LogP) is 1.71. The smallest absolute Gasteiger partial charge is 0.0569 e. The van der Waals surface area contributed by atoms with Crippen LogP contribution < -0.4 is 5.43 Å². The van der Waals surface area contributed by atoms with E-state index >= 15 is 0 Å². The van der Waals surface area contributed by atoms with Crippen LogP contribution >= 0.6 is 15.9 Å². The third-order valence-electron chi connectivity index (χ3n) is 1.46. The molecule has 1 rings (SSSR count). The lowest BCUT2D eigenvalue weighted by molar-refractivity contribution is 0.907. The second-order valence-electron chi connectivity index (χ2n) is 2.27. The molecule has 0 fully saturated rings. The van der Waals surface area contributed by atoms with Gasteiger partial charge in [-0.2, -0.15) is 5.10 Å². The Morgan fingerprint density at radius 2 is 2.42 bits per heavy atom. The van der Waals surface area contributed by atoms with Gasteiger partial charge >= 0.3 is 0 Å². The minimum absolute atomic E-state index is 0.961. The largest absolute Gasteiger partial charge is 0.313 e. The maximum atomic E-state index is 4.14. The molecule has 0 bridgehead atoms. The summed E-state index contributed by atoms with van der Waals surface area (Å²) in [6.45, 7) is 1.95. The highest BCUT2D eigenvalue weighted by Gasteiger charge is 1.99. The van der Waals surface area contributed by atoms with Crippen molar-refractivity contribution in [1.29, 1.82) is 0 Å². The molecule has 12 heavy (non-hydrogen) atoms. The van der Waals surface area contributed by atoms with E-state index in [1.165, 1.54) is 0 Å². The van der Waals surface area contributed by atoms with Gasteiger partial charge < -0.3 is 5.43 Å². The Kier molecular flexibility index (Phi) is 3.22. The van der Waals surface area contributed by atoms with Gasteiger partial charge in [0.15, 0.2) is 0 Å². The van der Waals surface area contributed by atoms with Gasteiger partial charge in [-0.3, -0.25) is 4.98 Å². The molecule has 64 valence electrons. The summed E-state index contributed by atoms with van der Waals surface area (Å²) in [5, 5.41) is 3.92. The molecule has 0 unspecified atom stereocenters. The Labute approximate surface area is 80.0 Å². The molecule has 0 amide bonds. The standard InChI is InChI=1S/C8H10BrN3/c1-6-7(5-12-10-2)8(9)3-4-11-6/h3-5,10H,1-2H3/b12-5+. The van der Waals surface area contributed by atoms with E-state index in [2.05, 4.69) is 31.4 Å². The molecule has 0 aliphatic carbocycles. The Morgan fingerprint density at radius 3 is 3.00 bits per heavy atom. The van der Waals surface area contributed by atoms with Crippen molar-refractivity contribution in [3.05, 3.63) is 28.0 Å². The molecule has 0 aromatic carbocycles. The summed E-state index contributed by atoms with van der Waals surface area (Å²) >= 11 is 3.42. The summed E-state index contributed by atoms with van der Waals surface area (Å²) in [7, 11) is 1.76. The highest BCUT2D eigenvalue weighted by Crippen LogP contribution is 2.15. The number of pyridine rings is 1. The van der Waals surface area contributed by atoms with Crippen LogP contribution in [0.5, 0.6) is 0 Å². The summed E-state index contributed by atoms with van der Waals surface area (Å²) in [6.07, 6.45) is 3.50. The van der Waals surface area contributed by atoms with Crippen molar-refractivity contribution in [3.63, 3.8) is 0 Å². The van der Waals surface area contributed by atoms with Crippen LogP contribution in [0, 0.1) is 6.92 Å². The lowest BCUT2D eigenvalue weighted by Gasteiger charge is -2.00. The van der Waals surface area contributed by atoms with Crippen LogP contribution in [-0.4, -0.2) is 18.2 Å². The van der Waals surface area contributed by atoms with E-state index in [0.717, 1.165) is 15.7 Å². The van der Waals surface area contributed by atoms with Crippen molar-refractivity contribution in [3.8, 4) is 0 Å². The van der Waals surface area contributed by atoms with Gasteiger partial charge in [0.05, 0.1) is 6.21 Å². The first-order chi connectivity index (χ1) is 5.75. The average Bonchev–Trinajstić information content (AvgIpc) is 2.04. The van der Waals surface area contributed by atoms with E-state index < -0.39 is 0 Å². The van der Waals surface area contributed by atoms with Gasteiger partial charge in [-0.05, 0) is 28.9 Å². The topological polar surface area (TPSA) is 37.3 Å². The van der Waals surface area contributed by atoms with Crippen LogP contribution in [0.2, 0.25) is 0 Å². The van der Waals surface area contributed by atoms with Gasteiger partial charge in [-0.1, -0.05) is 0 Å². The van der Waals surface area contributed by atoms with E-state index in [0.29, 0.717) is 0 Å². The second-order valence-corrected chi connectivity index (χ2v) is 3.13. The molecule has 1 aromatic heterocycles. The van der Waals surface area contributed by atoms with E-state index in [4.69, 9.17) is 0 Å². The maximum absolute atomic E-state index is 4.14. The first-order valence-corrected chi connectivity index (χ1v) is 4.36. The predicted molar refractivity (Wildman–Crippen MR) is 53.3 cm³/mol. The Bertz CT molecular complexity index is 276. The fraction of sp³-hybridized carbons (Fsp3) is 0.250. The van der Waals surface area contributed by atoms with Gasteiger partial charge in [0.25, 0.3) is 0 Å². The third-order valence-corrected chi connectivity index (χ3v) is 2.15. The van der Waals surface area contributed by atoms with Crippen LogP contribution in [0.4, 0.5) is 0 Å². The number of aromatic nitrogens is 1. The molecular formula is C8H10BrN3. The SMILES string of the molecule is CN/N=C/c1c(Br)ccnc1C. The van der Waals surface area contributed by atoms with Gasteiger partial charge in [0.2, 0.25) is 0 Å². The van der Waals surface area contributed by atoms with Crippen molar-refractivity contribution in [2.24, 2.45) is 5.10 Å². The summed E-state index contributed by atoms with van der Waals surface area (Å²) in [4.78, 5) is 4.14. The Morgan fingerprint density at radius 1 is 1.67 bits per heavy atom. The van der Waals surface area contributed by atoms with Crippen LogP contribution in [0.15, 0.2) is 21.8 Å². The summed E-state index contributed by atoms with van der Waals surface area (Å²) in [5.41, 5.74) is 4.66. The molecule has 1 heterocycles. The van der Waals surface area contributed by atoms with Crippen molar-refractivity contribution < 1.29 is 0 Å². The van der Waals surface area contributed by atoms with Crippen LogP contribution in [-0.2, 0) is 0 Å². The number of halogens is 1. The van der Waals surface area contributed by atoms with Crippen LogP contribution in [0.1, 0.15) is 11.3 Å². The quantitative estimate of drug-likeness (QED) is 0.618. The normalized spacial score (nSPS) is 10.6. The van der Waals surface area contributed by atoms with Crippen LogP contribution in [0.3, 0.4) is 0 Å². The molecule has 0 saturated carbocycles. The number of nitrogens with zero attached hydrogens (tertiary/aromatic N) is 2. The molecule has 4 heteroatoms. The molecule has 0 saturated heterocycles. The second kappa shape index (κ2) is 4.21. The molecule has 1 N–H and O–H groups in total. The van der Waals surface area contributed by atoms with Crippen molar-refractivity contribution in [2.45, 2.75) is 6.92 Å². The molecule has 3 nitrogen and oxygen atoms in total. The van der Waals surface area contributed by atoms with E-state index in [1.54, 1.807) is 19.5 Å². The number of nitrogens with one attached hydrogen (secondary N) is 1. The number of aryl methyl sites for hydroxylation is 1. The van der Waals surface area contributed by atoms with Gasteiger partial charge in [0, 0.05) is 29.0 Å². The first-order valence-electron chi connectivity index (χ1n) is 3.56. The third kappa shape index (κ3) is 2.04. The number of hydrazone groups is 1. The number of rotatable bonds is 2. The first kappa shape index (κ1) is 9.19. The number of hydrogen-bond acceptors (Lipinski definition) is 3. The maximum Gasteiger partial charge on any atom is 0.0569 e. The van der Waals surface area contributed by atoms with E-state index in [1.807, 2.05) is 13.0 Å². The summed E-state index contributed by atoms with van der Waals surface area (Å²) < 4.78 is 1.01. The van der Waals surface area contributed by atoms with Crippen LogP contribution in [0.25, 0.3) is 0 Å². The molecular weight excluding hydrogens is 218 g/mol. The molecule has 0 atom stereocenters. The monoisotopic (exact) mass is 227 g/mol. The van der Waals surface area contributed by atoms with Crippen molar-refractivity contribution in [2.75, 3.05) is 7.05 Å². The highest BCUT2D eigenvalue weighted by atomic mass is 79.9. The van der Waals surface area contributed by atoms with Gasteiger partial charge in [-0.15, -0.1) is 0 Å². The minimum Gasteiger partial charge on any atom is -0.313 e. The molecule has 1 aromatic rings.